The maximum atomic E-state index is 12.5. The van der Waals surface area contributed by atoms with Crippen LogP contribution >= 0.6 is 0 Å². The Morgan fingerprint density at radius 3 is 2.61 bits per heavy atom. The van der Waals surface area contributed by atoms with Crippen LogP contribution in [0.3, 0.4) is 0 Å². The van der Waals surface area contributed by atoms with Gasteiger partial charge in [0.1, 0.15) is 0 Å². The topological polar surface area (TPSA) is 46.3 Å². The standard InChI is InChI=1S/C15H26N2O/c16-13-7-1-5-12(13)10-15(18)17-9-3-6-11-4-2-8-14(11)17/h11-14H,1-10,16H2/t11?,12-,13+,14?/m0/s1. The van der Waals surface area contributed by atoms with Gasteiger partial charge in [0.2, 0.25) is 5.91 Å². The van der Waals surface area contributed by atoms with Gasteiger partial charge in [-0.05, 0) is 50.4 Å². The lowest BCUT2D eigenvalue weighted by molar-refractivity contribution is -0.137. The summed E-state index contributed by atoms with van der Waals surface area (Å²) in [5, 5.41) is 0. The Morgan fingerprint density at radius 1 is 1.06 bits per heavy atom. The SMILES string of the molecule is N[C@@H]1CCC[C@H]1CC(=O)N1CCCC2CCCC21. The molecule has 1 heterocycles. The molecule has 3 nitrogen and oxygen atoms in total. The summed E-state index contributed by atoms with van der Waals surface area (Å²) in [6, 6.07) is 0.849. The van der Waals surface area contributed by atoms with Gasteiger partial charge < -0.3 is 10.6 Å². The number of rotatable bonds is 2. The number of carbonyl (C=O) groups excluding carboxylic acids is 1. The quantitative estimate of drug-likeness (QED) is 0.817. The van der Waals surface area contributed by atoms with Crippen molar-refractivity contribution in [3.05, 3.63) is 0 Å². The van der Waals surface area contributed by atoms with Crippen LogP contribution < -0.4 is 5.73 Å². The monoisotopic (exact) mass is 250 g/mol. The molecule has 3 rings (SSSR count). The minimum Gasteiger partial charge on any atom is -0.339 e. The van der Waals surface area contributed by atoms with Gasteiger partial charge in [-0.3, -0.25) is 4.79 Å². The number of nitrogens with zero attached hydrogens (tertiary/aromatic N) is 1. The summed E-state index contributed by atoms with van der Waals surface area (Å²) in [7, 11) is 0. The molecule has 1 amide bonds. The number of fused-ring (bicyclic) bond motifs is 1. The molecule has 0 spiro atoms. The average Bonchev–Trinajstić information content (AvgIpc) is 2.98. The largest absolute Gasteiger partial charge is 0.339 e. The lowest BCUT2D eigenvalue weighted by Crippen LogP contribution is -2.47. The third-order valence-electron chi connectivity index (χ3n) is 5.47. The van der Waals surface area contributed by atoms with Gasteiger partial charge >= 0.3 is 0 Å². The fourth-order valence-corrected chi connectivity index (χ4v) is 4.42. The van der Waals surface area contributed by atoms with E-state index < -0.39 is 0 Å². The highest BCUT2D eigenvalue weighted by molar-refractivity contribution is 5.77. The average molecular weight is 250 g/mol. The van der Waals surface area contributed by atoms with Crippen LogP contribution in [0.15, 0.2) is 0 Å². The lowest BCUT2D eigenvalue weighted by atomic mass is 9.90. The maximum absolute atomic E-state index is 12.5. The summed E-state index contributed by atoms with van der Waals surface area (Å²) in [4.78, 5) is 14.7. The summed E-state index contributed by atoms with van der Waals surface area (Å²) < 4.78 is 0. The van der Waals surface area contributed by atoms with Crippen LogP contribution in [0, 0.1) is 11.8 Å². The Balaban J connectivity index is 1.61. The van der Waals surface area contributed by atoms with Crippen molar-refractivity contribution < 1.29 is 4.79 Å². The molecule has 18 heavy (non-hydrogen) atoms. The van der Waals surface area contributed by atoms with E-state index in [0.29, 0.717) is 24.3 Å². The molecule has 2 unspecified atom stereocenters. The second-order valence-electron chi connectivity index (χ2n) is 6.55. The molecular formula is C15H26N2O. The molecule has 0 radical (unpaired) electrons. The maximum Gasteiger partial charge on any atom is 0.223 e. The number of nitrogens with two attached hydrogens (primary N) is 1. The van der Waals surface area contributed by atoms with Crippen LogP contribution in [0.1, 0.15) is 57.8 Å². The number of hydrogen-bond donors (Lipinski definition) is 1. The summed E-state index contributed by atoms with van der Waals surface area (Å²) in [6.45, 7) is 1.00. The normalized spacial score (nSPS) is 39.9. The van der Waals surface area contributed by atoms with Crippen molar-refractivity contribution in [3.63, 3.8) is 0 Å². The highest BCUT2D eigenvalue weighted by atomic mass is 16.2. The minimum absolute atomic E-state index is 0.276. The first-order valence-electron chi connectivity index (χ1n) is 7.81. The van der Waals surface area contributed by atoms with Crippen molar-refractivity contribution in [3.8, 4) is 0 Å². The van der Waals surface area contributed by atoms with Crippen LogP contribution in [-0.4, -0.2) is 29.4 Å². The van der Waals surface area contributed by atoms with Crippen molar-refractivity contribution in [1.82, 2.24) is 4.90 Å². The summed E-state index contributed by atoms with van der Waals surface area (Å²) in [6.07, 6.45) is 10.7. The molecule has 3 fully saturated rings. The van der Waals surface area contributed by atoms with Gasteiger partial charge in [-0.1, -0.05) is 12.8 Å². The zero-order valence-corrected chi connectivity index (χ0v) is 11.3. The van der Waals surface area contributed by atoms with Gasteiger partial charge in [-0.15, -0.1) is 0 Å². The fraction of sp³-hybridized carbons (Fsp3) is 0.933. The Labute approximate surface area is 110 Å². The predicted octanol–water partition coefficient (Wildman–Crippen LogP) is 2.29. The van der Waals surface area contributed by atoms with Crippen molar-refractivity contribution in [2.24, 2.45) is 17.6 Å². The van der Waals surface area contributed by atoms with E-state index in [2.05, 4.69) is 4.90 Å². The Hall–Kier alpha value is -0.570. The zero-order chi connectivity index (χ0) is 12.5. The van der Waals surface area contributed by atoms with Crippen molar-refractivity contribution in [2.45, 2.75) is 69.9 Å². The number of hydrogen-bond acceptors (Lipinski definition) is 2. The molecule has 3 aliphatic rings. The van der Waals surface area contributed by atoms with E-state index in [4.69, 9.17) is 5.73 Å². The minimum atomic E-state index is 0.276. The van der Waals surface area contributed by atoms with Gasteiger partial charge in [0.25, 0.3) is 0 Å². The Bertz CT molecular complexity index is 318. The summed E-state index contributed by atoms with van der Waals surface area (Å²) in [5.74, 6) is 1.66. The highest BCUT2D eigenvalue weighted by Crippen LogP contribution is 2.38. The first-order valence-corrected chi connectivity index (χ1v) is 7.81. The molecule has 102 valence electrons. The van der Waals surface area contributed by atoms with Gasteiger partial charge in [0.05, 0.1) is 0 Å². The Morgan fingerprint density at radius 2 is 1.83 bits per heavy atom. The van der Waals surface area contributed by atoms with Crippen molar-refractivity contribution >= 4 is 5.91 Å². The molecule has 1 aliphatic heterocycles. The van der Waals surface area contributed by atoms with E-state index in [-0.39, 0.29) is 6.04 Å². The molecule has 2 N–H and O–H groups in total. The third kappa shape index (κ3) is 2.29. The van der Waals surface area contributed by atoms with Crippen molar-refractivity contribution in [2.75, 3.05) is 6.54 Å². The summed E-state index contributed by atoms with van der Waals surface area (Å²) in [5.41, 5.74) is 6.09. The first-order chi connectivity index (χ1) is 8.75. The second-order valence-corrected chi connectivity index (χ2v) is 6.55. The first kappa shape index (κ1) is 12.5. The highest BCUT2D eigenvalue weighted by Gasteiger charge is 2.38. The zero-order valence-electron chi connectivity index (χ0n) is 11.3. The molecule has 3 heteroatoms. The molecule has 2 saturated carbocycles. The fourth-order valence-electron chi connectivity index (χ4n) is 4.42. The smallest absolute Gasteiger partial charge is 0.223 e. The van der Waals surface area contributed by atoms with E-state index >= 15 is 0 Å². The van der Waals surface area contributed by atoms with Crippen LogP contribution in [0.25, 0.3) is 0 Å². The van der Waals surface area contributed by atoms with Crippen LogP contribution in [0.2, 0.25) is 0 Å². The number of amides is 1. The molecule has 0 aromatic heterocycles. The van der Waals surface area contributed by atoms with E-state index in [1.165, 1.54) is 38.5 Å². The van der Waals surface area contributed by atoms with Gasteiger partial charge in [-0.2, -0.15) is 0 Å². The van der Waals surface area contributed by atoms with Crippen LogP contribution in [-0.2, 0) is 4.79 Å². The number of likely N-dealkylation sites (tertiary alicyclic amines) is 1. The van der Waals surface area contributed by atoms with Gasteiger partial charge in [0.15, 0.2) is 0 Å². The van der Waals surface area contributed by atoms with E-state index in [1.54, 1.807) is 0 Å². The van der Waals surface area contributed by atoms with Crippen molar-refractivity contribution in [1.29, 1.82) is 0 Å². The van der Waals surface area contributed by atoms with E-state index in [1.807, 2.05) is 0 Å². The Kier molecular flexibility index (Phi) is 3.60. The number of carbonyl (C=O) groups is 1. The van der Waals surface area contributed by atoms with Crippen LogP contribution in [0.5, 0.6) is 0 Å². The molecule has 1 saturated heterocycles. The lowest BCUT2D eigenvalue weighted by Gasteiger charge is -2.38. The van der Waals surface area contributed by atoms with Gasteiger partial charge in [-0.25, -0.2) is 0 Å². The molecule has 4 atom stereocenters. The molecule has 0 aromatic rings. The molecule has 2 aliphatic carbocycles. The van der Waals surface area contributed by atoms with Gasteiger partial charge in [0, 0.05) is 25.0 Å². The number of piperidine rings is 1. The predicted molar refractivity (Wildman–Crippen MR) is 72.0 cm³/mol. The molecular weight excluding hydrogens is 224 g/mol. The second kappa shape index (κ2) is 5.20. The van der Waals surface area contributed by atoms with E-state index in [0.717, 1.165) is 25.3 Å². The summed E-state index contributed by atoms with van der Waals surface area (Å²) >= 11 is 0. The van der Waals surface area contributed by atoms with E-state index in [9.17, 15) is 4.79 Å². The van der Waals surface area contributed by atoms with Crippen LogP contribution in [0.4, 0.5) is 0 Å². The molecule has 0 aromatic carbocycles. The third-order valence-corrected chi connectivity index (χ3v) is 5.47. The molecule has 0 bridgehead atoms.